The first-order chi connectivity index (χ1) is 14.1. The summed E-state index contributed by atoms with van der Waals surface area (Å²) in [5.74, 6) is -1.37. The topological polar surface area (TPSA) is 91.0 Å². The van der Waals surface area contributed by atoms with Crippen molar-refractivity contribution in [1.82, 2.24) is 0 Å². The van der Waals surface area contributed by atoms with Gasteiger partial charge in [0.15, 0.2) is 0 Å². The monoisotopic (exact) mass is 419 g/mol. The van der Waals surface area contributed by atoms with Gasteiger partial charge in [-0.25, -0.2) is 0 Å². The average Bonchev–Trinajstić information content (AvgIpc) is 3.14. The number of hydrogen-bond donors (Lipinski definition) is 2. The molecule has 1 aliphatic rings. The van der Waals surface area contributed by atoms with Crippen molar-refractivity contribution < 1.29 is 22.8 Å². The van der Waals surface area contributed by atoms with E-state index in [2.05, 4.69) is 10.4 Å². The predicted octanol–water partition coefficient (Wildman–Crippen LogP) is 2.83. The van der Waals surface area contributed by atoms with E-state index in [1.165, 1.54) is 11.1 Å². The number of hydrogen-bond acceptors (Lipinski definition) is 5. The lowest BCUT2D eigenvalue weighted by Gasteiger charge is -2.20. The van der Waals surface area contributed by atoms with Gasteiger partial charge in [-0.3, -0.25) is 14.6 Å². The normalized spacial score (nSPS) is 16.2. The molecule has 0 radical (unpaired) electrons. The van der Waals surface area contributed by atoms with Crippen LogP contribution in [0.2, 0.25) is 0 Å². The quantitative estimate of drug-likeness (QED) is 0.780. The van der Waals surface area contributed by atoms with Crippen LogP contribution in [-0.2, 0) is 15.8 Å². The van der Waals surface area contributed by atoms with Crippen LogP contribution in [0.15, 0.2) is 53.6 Å². The van der Waals surface area contributed by atoms with Gasteiger partial charge < -0.3 is 16.0 Å². The van der Waals surface area contributed by atoms with Crippen molar-refractivity contribution in [2.24, 2.45) is 10.8 Å². The molecule has 0 spiro atoms. The number of para-hydroxylation sites is 1. The van der Waals surface area contributed by atoms with Crippen LogP contribution in [0.1, 0.15) is 12.0 Å². The van der Waals surface area contributed by atoms with Gasteiger partial charge in [-0.05, 0) is 30.3 Å². The largest absolute Gasteiger partial charge is 0.416 e. The van der Waals surface area contributed by atoms with Gasteiger partial charge in [0, 0.05) is 20.5 Å². The van der Waals surface area contributed by atoms with Gasteiger partial charge in [-0.2, -0.15) is 18.3 Å². The van der Waals surface area contributed by atoms with Gasteiger partial charge >= 0.3 is 6.18 Å². The number of nitrogens with one attached hydrogen (secondary N) is 1. The van der Waals surface area contributed by atoms with E-state index in [0.717, 1.165) is 12.1 Å². The minimum atomic E-state index is -4.56. The Balaban J connectivity index is 1.91. The summed E-state index contributed by atoms with van der Waals surface area (Å²) in [6.45, 7) is 0. The molecule has 10 heteroatoms. The summed E-state index contributed by atoms with van der Waals surface area (Å²) in [6.07, 6.45) is -4.62. The van der Waals surface area contributed by atoms with Crippen LogP contribution in [0.25, 0.3) is 0 Å². The van der Waals surface area contributed by atoms with Crippen molar-refractivity contribution in [2.45, 2.75) is 18.6 Å². The van der Waals surface area contributed by atoms with Gasteiger partial charge in [0.25, 0.3) is 5.91 Å². The van der Waals surface area contributed by atoms with Crippen LogP contribution >= 0.6 is 0 Å². The molecular weight excluding hydrogens is 399 g/mol. The molecule has 30 heavy (non-hydrogen) atoms. The number of carbonyl (C=O) groups excluding carboxylic acids is 2. The molecule has 0 fully saturated rings. The van der Waals surface area contributed by atoms with E-state index in [1.807, 2.05) is 0 Å². The van der Waals surface area contributed by atoms with Gasteiger partial charge in [0.05, 0.1) is 22.6 Å². The predicted molar refractivity (Wildman–Crippen MR) is 108 cm³/mol. The number of primary amides is 1. The van der Waals surface area contributed by atoms with Gasteiger partial charge in [-0.1, -0.05) is 18.2 Å². The second kappa shape index (κ2) is 8.05. The third kappa shape index (κ3) is 4.37. The van der Waals surface area contributed by atoms with E-state index in [4.69, 9.17) is 5.73 Å². The Hall–Kier alpha value is -3.56. The van der Waals surface area contributed by atoms with Crippen molar-refractivity contribution in [1.29, 1.82) is 0 Å². The molecule has 3 N–H and O–H groups in total. The maximum Gasteiger partial charge on any atom is 0.416 e. The summed E-state index contributed by atoms with van der Waals surface area (Å²) in [6, 6.07) is 10.9. The molecular formula is C20H20F3N5O2. The molecule has 1 heterocycles. The maximum absolute atomic E-state index is 13.1. The molecule has 0 aromatic heterocycles. The minimum Gasteiger partial charge on any atom is -0.376 e. The number of hydrazone groups is 1. The van der Waals surface area contributed by atoms with Crippen LogP contribution in [0.4, 0.5) is 30.2 Å². The second-order valence-corrected chi connectivity index (χ2v) is 6.93. The van der Waals surface area contributed by atoms with Crippen molar-refractivity contribution in [3.8, 4) is 0 Å². The third-order valence-corrected chi connectivity index (χ3v) is 4.58. The minimum absolute atomic E-state index is 0.00947. The second-order valence-electron chi connectivity index (χ2n) is 6.93. The number of anilines is 3. The number of nitrogens with zero attached hydrogens (tertiary/aromatic N) is 3. The van der Waals surface area contributed by atoms with E-state index >= 15 is 0 Å². The Bertz CT molecular complexity index is 990. The van der Waals surface area contributed by atoms with Crippen LogP contribution < -0.4 is 21.0 Å². The Morgan fingerprint density at radius 2 is 1.83 bits per heavy atom. The van der Waals surface area contributed by atoms with Crippen molar-refractivity contribution >= 4 is 34.6 Å². The molecule has 1 aliphatic heterocycles. The highest BCUT2D eigenvalue weighted by molar-refractivity contribution is 6.44. The smallest absolute Gasteiger partial charge is 0.376 e. The summed E-state index contributed by atoms with van der Waals surface area (Å²) in [4.78, 5) is 26.2. The first-order valence-corrected chi connectivity index (χ1v) is 8.99. The molecule has 158 valence electrons. The summed E-state index contributed by atoms with van der Waals surface area (Å²) < 4.78 is 39.3. The summed E-state index contributed by atoms with van der Waals surface area (Å²) in [5, 5.41) is 8.04. The molecule has 1 unspecified atom stereocenters. The molecule has 2 amide bonds. The van der Waals surface area contributed by atoms with E-state index in [9.17, 15) is 22.8 Å². The summed E-state index contributed by atoms with van der Waals surface area (Å²) in [7, 11) is 3.29. The van der Waals surface area contributed by atoms with E-state index in [1.54, 1.807) is 49.3 Å². The number of nitrogens with two attached hydrogens (primary N) is 1. The molecule has 0 aliphatic carbocycles. The number of halogens is 3. The highest BCUT2D eigenvalue weighted by atomic mass is 19.4. The molecule has 7 nitrogen and oxygen atoms in total. The SMILES string of the molecule is CN(C)c1ccc(C(F)(F)F)cc1NC(=O)C1=NN(c2ccccc2)C(C(N)=O)C1. The van der Waals surface area contributed by atoms with Crippen molar-refractivity contribution in [2.75, 3.05) is 29.3 Å². The highest BCUT2D eigenvalue weighted by Crippen LogP contribution is 2.35. The Labute approximate surface area is 170 Å². The lowest BCUT2D eigenvalue weighted by Crippen LogP contribution is -2.39. The number of amides is 2. The average molecular weight is 419 g/mol. The Morgan fingerprint density at radius 3 is 2.40 bits per heavy atom. The zero-order valence-corrected chi connectivity index (χ0v) is 16.3. The van der Waals surface area contributed by atoms with Crippen LogP contribution in [-0.4, -0.2) is 37.7 Å². The van der Waals surface area contributed by atoms with Gasteiger partial charge in [-0.15, -0.1) is 0 Å². The number of carbonyl (C=O) groups is 2. The fourth-order valence-electron chi connectivity index (χ4n) is 3.08. The molecule has 1 atom stereocenters. The number of rotatable bonds is 5. The first kappa shape index (κ1) is 21.2. The third-order valence-electron chi connectivity index (χ3n) is 4.58. The highest BCUT2D eigenvalue weighted by Gasteiger charge is 2.36. The van der Waals surface area contributed by atoms with Gasteiger partial charge in [0.2, 0.25) is 5.91 Å². The molecule has 0 saturated carbocycles. The van der Waals surface area contributed by atoms with Crippen molar-refractivity contribution in [3.63, 3.8) is 0 Å². The molecule has 0 saturated heterocycles. The number of benzene rings is 2. The number of alkyl halides is 3. The van der Waals surface area contributed by atoms with Gasteiger partial charge in [0.1, 0.15) is 11.8 Å². The fraction of sp³-hybridized carbons (Fsp3) is 0.250. The van der Waals surface area contributed by atoms with Crippen LogP contribution in [0.3, 0.4) is 0 Å². The van der Waals surface area contributed by atoms with E-state index in [0.29, 0.717) is 11.4 Å². The van der Waals surface area contributed by atoms with Crippen LogP contribution in [0.5, 0.6) is 0 Å². The lowest BCUT2D eigenvalue weighted by atomic mass is 10.1. The Morgan fingerprint density at radius 1 is 1.17 bits per heavy atom. The first-order valence-electron chi connectivity index (χ1n) is 8.99. The standard InChI is InChI=1S/C20H20F3N5O2/c1-27(2)16-9-8-12(20(21,22)23)10-14(16)25-19(30)15-11-17(18(24)29)28(26-15)13-6-4-3-5-7-13/h3-10,17H,11H2,1-2H3,(H2,24,29)(H,25,30). The zero-order valence-electron chi connectivity index (χ0n) is 16.3. The summed E-state index contributed by atoms with van der Waals surface area (Å²) in [5.41, 5.74) is 5.49. The van der Waals surface area contributed by atoms with E-state index < -0.39 is 29.6 Å². The molecule has 0 bridgehead atoms. The van der Waals surface area contributed by atoms with Crippen molar-refractivity contribution in [3.05, 3.63) is 54.1 Å². The van der Waals surface area contributed by atoms with Crippen LogP contribution in [0, 0.1) is 0 Å². The molecule has 2 aromatic carbocycles. The lowest BCUT2D eigenvalue weighted by molar-refractivity contribution is -0.137. The maximum atomic E-state index is 13.1. The molecule has 2 aromatic rings. The summed E-state index contributed by atoms with van der Waals surface area (Å²) >= 11 is 0. The zero-order chi connectivity index (χ0) is 22.1. The molecule has 3 rings (SSSR count). The fourth-order valence-corrected chi connectivity index (χ4v) is 3.08. The van der Waals surface area contributed by atoms with E-state index in [-0.39, 0.29) is 17.8 Å². The Kier molecular flexibility index (Phi) is 5.68.